The number of ether oxygens (including phenoxy) is 1. The summed E-state index contributed by atoms with van der Waals surface area (Å²) in [6.45, 7) is 7.40. The van der Waals surface area contributed by atoms with E-state index >= 15 is 0 Å². The van der Waals surface area contributed by atoms with Crippen LogP contribution in [0.1, 0.15) is 34.6 Å². The normalized spacial score (nSPS) is 17.4. The number of aromatic amines is 1. The molecule has 13 heteroatoms. The standard InChI is InChI=1S/C30H32F4N6O3/c1-19(15-21(8-7-20(2)31)16-24-22-5-3-4-6-23(22)27(41)37-36-24)17-38-9-10-40-25(18-38)26(35-29(40)30(32,33)34)28(42)39-11-13-43-14-12-39/h3-8,15,19H,2,9-14,16-18H2,1H3,(H,37,41)/b8-7-,21-15+. The zero-order valence-electron chi connectivity index (χ0n) is 23.7. The van der Waals surface area contributed by atoms with Crippen LogP contribution in [0.25, 0.3) is 10.8 Å². The number of H-pyrrole nitrogens is 1. The number of benzene rings is 1. The fraction of sp³-hybridized carbons (Fsp3) is 0.400. The Bertz CT molecular complexity index is 1630. The molecule has 1 aromatic carbocycles. The summed E-state index contributed by atoms with van der Waals surface area (Å²) in [4.78, 5) is 32.7. The summed E-state index contributed by atoms with van der Waals surface area (Å²) in [6, 6.07) is 7.07. The number of nitrogens with one attached hydrogen (secondary N) is 1. The van der Waals surface area contributed by atoms with Gasteiger partial charge in [0.15, 0.2) is 5.69 Å². The summed E-state index contributed by atoms with van der Waals surface area (Å²) in [5.41, 5.74) is 1.08. The van der Waals surface area contributed by atoms with Crippen molar-refractivity contribution in [3.63, 3.8) is 0 Å². The van der Waals surface area contributed by atoms with Gasteiger partial charge in [-0.1, -0.05) is 43.9 Å². The van der Waals surface area contributed by atoms with Crippen LogP contribution in [0.3, 0.4) is 0 Å². The number of morpholine rings is 1. The number of carbonyl (C=O) groups excluding carboxylic acids is 1. The molecule has 1 fully saturated rings. The predicted molar refractivity (Wildman–Crippen MR) is 152 cm³/mol. The fourth-order valence-electron chi connectivity index (χ4n) is 5.58. The number of aromatic nitrogens is 4. The van der Waals surface area contributed by atoms with Crippen LogP contribution in [0.15, 0.2) is 65.3 Å². The summed E-state index contributed by atoms with van der Waals surface area (Å²) < 4.78 is 61.5. The van der Waals surface area contributed by atoms with E-state index in [9.17, 15) is 27.2 Å². The van der Waals surface area contributed by atoms with Crippen LogP contribution in [-0.4, -0.2) is 74.8 Å². The number of amides is 1. The molecule has 0 bridgehead atoms. The first-order chi connectivity index (χ1) is 20.5. The number of carbonyl (C=O) groups is 1. The zero-order valence-corrected chi connectivity index (χ0v) is 23.7. The van der Waals surface area contributed by atoms with Gasteiger partial charge in [0, 0.05) is 51.1 Å². The number of nitrogens with zero attached hydrogens (tertiary/aromatic N) is 5. The van der Waals surface area contributed by atoms with E-state index in [-0.39, 0.29) is 36.0 Å². The van der Waals surface area contributed by atoms with Gasteiger partial charge in [-0.25, -0.2) is 14.5 Å². The number of hydrogen-bond donors (Lipinski definition) is 1. The molecular weight excluding hydrogens is 568 g/mol. The van der Waals surface area contributed by atoms with Crippen molar-refractivity contribution in [1.29, 1.82) is 0 Å². The summed E-state index contributed by atoms with van der Waals surface area (Å²) in [6.07, 6.45) is 0.381. The van der Waals surface area contributed by atoms with E-state index in [1.54, 1.807) is 24.3 Å². The molecule has 228 valence electrons. The number of fused-ring (bicyclic) bond motifs is 2. The van der Waals surface area contributed by atoms with Gasteiger partial charge in [-0.3, -0.25) is 14.5 Å². The van der Waals surface area contributed by atoms with Gasteiger partial charge < -0.3 is 14.2 Å². The third-order valence-electron chi connectivity index (χ3n) is 7.51. The number of halogens is 4. The topological polar surface area (TPSA) is 96.3 Å². The maximum absolute atomic E-state index is 13.9. The zero-order chi connectivity index (χ0) is 30.7. The highest BCUT2D eigenvalue weighted by atomic mass is 19.4. The van der Waals surface area contributed by atoms with Gasteiger partial charge >= 0.3 is 6.18 Å². The second kappa shape index (κ2) is 12.6. The number of alkyl halides is 3. The molecule has 1 unspecified atom stereocenters. The SMILES string of the molecule is C=C(F)/C=C\C(=C/C(C)CN1CCn2c(C(F)(F)F)nc(C(=O)N3CCOCC3)c2C1)Cc1n[nH]c(=O)c2ccccc12. The average molecular weight is 601 g/mol. The first-order valence-corrected chi connectivity index (χ1v) is 14.0. The first-order valence-electron chi connectivity index (χ1n) is 14.0. The third-order valence-corrected chi connectivity index (χ3v) is 7.51. The molecule has 2 aromatic heterocycles. The summed E-state index contributed by atoms with van der Waals surface area (Å²) in [5, 5.41) is 7.90. The van der Waals surface area contributed by atoms with Crippen molar-refractivity contribution in [3.8, 4) is 0 Å². The molecule has 1 saturated heterocycles. The van der Waals surface area contributed by atoms with Crippen molar-refractivity contribution in [2.45, 2.75) is 32.6 Å². The molecule has 5 rings (SSSR count). The van der Waals surface area contributed by atoms with Crippen LogP contribution in [0, 0.1) is 5.92 Å². The van der Waals surface area contributed by atoms with Crippen LogP contribution < -0.4 is 5.56 Å². The Labute approximate surface area is 245 Å². The Balaban J connectivity index is 1.38. The smallest absolute Gasteiger partial charge is 0.378 e. The summed E-state index contributed by atoms with van der Waals surface area (Å²) in [5.74, 6) is -2.33. The molecule has 0 radical (unpaired) electrons. The monoisotopic (exact) mass is 600 g/mol. The maximum Gasteiger partial charge on any atom is 0.449 e. The van der Waals surface area contributed by atoms with E-state index in [0.717, 1.165) is 10.1 Å². The highest BCUT2D eigenvalue weighted by Crippen LogP contribution is 2.33. The molecule has 4 heterocycles. The molecule has 1 atom stereocenters. The molecule has 0 saturated carbocycles. The van der Waals surface area contributed by atoms with Crippen molar-refractivity contribution in [1.82, 2.24) is 29.5 Å². The van der Waals surface area contributed by atoms with E-state index in [1.807, 2.05) is 24.0 Å². The van der Waals surface area contributed by atoms with E-state index < -0.39 is 23.7 Å². The van der Waals surface area contributed by atoms with E-state index in [4.69, 9.17) is 4.74 Å². The molecule has 1 N–H and O–H groups in total. The largest absolute Gasteiger partial charge is 0.449 e. The molecule has 0 spiro atoms. The molecule has 43 heavy (non-hydrogen) atoms. The van der Waals surface area contributed by atoms with Crippen LogP contribution in [0.5, 0.6) is 0 Å². The minimum absolute atomic E-state index is 0.0335. The second-order valence-corrected chi connectivity index (χ2v) is 10.7. The average Bonchev–Trinajstić information content (AvgIpc) is 3.37. The maximum atomic E-state index is 13.9. The van der Waals surface area contributed by atoms with Crippen molar-refractivity contribution in [2.24, 2.45) is 5.92 Å². The van der Waals surface area contributed by atoms with Gasteiger partial charge in [0.05, 0.1) is 30.0 Å². The Hall–Kier alpha value is -4.10. The van der Waals surface area contributed by atoms with E-state index in [0.29, 0.717) is 62.3 Å². The van der Waals surface area contributed by atoms with Crippen molar-refractivity contribution >= 4 is 16.7 Å². The Kier molecular flexibility index (Phi) is 8.92. The molecule has 2 aliphatic heterocycles. The highest BCUT2D eigenvalue weighted by molar-refractivity contribution is 5.93. The molecule has 9 nitrogen and oxygen atoms in total. The first kappa shape index (κ1) is 30.4. The predicted octanol–water partition coefficient (Wildman–Crippen LogP) is 4.27. The van der Waals surface area contributed by atoms with Crippen molar-refractivity contribution in [3.05, 3.63) is 93.7 Å². The van der Waals surface area contributed by atoms with Gasteiger partial charge in [0.2, 0.25) is 5.82 Å². The second-order valence-electron chi connectivity index (χ2n) is 10.7. The number of hydrogen-bond acceptors (Lipinski definition) is 6. The molecule has 3 aromatic rings. The summed E-state index contributed by atoms with van der Waals surface area (Å²) in [7, 11) is 0. The number of imidazole rings is 1. The minimum Gasteiger partial charge on any atom is -0.378 e. The molecule has 0 aliphatic carbocycles. The number of rotatable bonds is 8. The molecule has 2 aliphatic rings. The fourth-order valence-corrected chi connectivity index (χ4v) is 5.58. The van der Waals surface area contributed by atoms with Crippen LogP contribution in [0.2, 0.25) is 0 Å². The van der Waals surface area contributed by atoms with Gasteiger partial charge in [-0.15, -0.1) is 0 Å². The lowest BCUT2D eigenvalue weighted by atomic mass is 9.99. The van der Waals surface area contributed by atoms with Crippen molar-refractivity contribution < 1.29 is 27.1 Å². The lowest BCUT2D eigenvalue weighted by Crippen LogP contribution is -2.42. The molecular formula is C30H32F4N6O3. The van der Waals surface area contributed by atoms with Crippen LogP contribution in [-0.2, 0) is 30.4 Å². The highest BCUT2D eigenvalue weighted by Gasteiger charge is 2.42. The van der Waals surface area contributed by atoms with Gasteiger partial charge in [0.1, 0.15) is 5.83 Å². The Morgan fingerprint density at radius 2 is 1.86 bits per heavy atom. The Morgan fingerprint density at radius 1 is 1.14 bits per heavy atom. The van der Waals surface area contributed by atoms with Crippen LogP contribution in [0.4, 0.5) is 17.6 Å². The lowest BCUT2D eigenvalue weighted by molar-refractivity contribution is -0.147. The number of allylic oxidation sites excluding steroid dienone is 4. The third kappa shape index (κ3) is 6.94. The van der Waals surface area contributed by atoms with Crippen LogP contribution >= 0.6 is 0 Å². The van der Waals surface area contributed by atoms with E-state index in [2.05, 4.69) is 21.8 Å². The summed E-state index contributed by atoms with van der Waals surface area (Å²) >= 11 is 0. The van der Waals surface area contributed by atoms with Gasteiger partial charge in [0.25, 0.3) is 11.5 Å². The lowest BCUT2D eigenvalue weighted by Gasteiger charge is -2.31. The molecule has 1 amide bonds. The Morgan fingerprint density at radius 3 is 2.56 bits per heavy atom. The van der Waals surface area contributed by atoms with Gasteiger partial charge in [-0.2, -0.15) is 18.3 Å². The quantitative estimate of drug-likeness (QED) is 0.307. The van der Waals surface area contributed by atoms with Gasteiger partial charge in [-0.05, 0) is 23.6 Å². The minimum atomic E-state index is -4.70. The van der Waals surface area contributed by atoms with E-state index in [1.165, 1.54) is 11.0 Å². The van der Waals surface area contributed by atoms with Crippen molar-refractivity contribution in [2.75, 3.05) is 39.4 Å².